The van der Waals surface area contributed by atoms with Crippen LogP contribution in [0.2, 0.25) is 0 Å². The van der Waals surface area contributed by atoms with Crippen molar-refractivity contribution >= 4 is 23.5 Å². The van der Waals surface area contributed by atoms with Crippen LogP contribution < -0.4 is 0 Å². The van der Waals surface area contributed by atoms with Crippen LogP contribution in [0.1, 0.15) is 53.6 Å². The number of ketones is 1. The second kappa shape index (κ2) is 6.44. The smallest absolute Gasteiger partial charge is 0.232 e. The molecule has 2 atom stereocenters. The lowest BCUT2D eigenvalue weighted by atomic mass is 9.96. The lowest BCUT2D eigenvalue weighted by molar-refractivity contribution is -0.145. The maximum Gasteiger partial charge on any atom is 0.232 e. The number of carbonyl (C=O) groups is 2. The van der Waals surface area contributed by atoms with E-state index >= 15 is 0 Å². The standard InChI is InChI=1S/C20H26N2O2S/c1-14-5-6-15-16(11-14)17(12-18(15)23)19(24)22-9-10-25-13-20(22,2)21-7-3-4-8-21/h5-6,11,17H,3-4,7-10,12-13H2,1-2H3. The molecule has 3 aliphatic rings. The molecule has 5 heteroatoms. The van der Waals surface area contributed by atoms with Crippen molar-refractivity contribution in [1.82, 2.24) is 9.80 Å². The summed E-state index contributed by atoms with van der Waals surface area (Å²) in [5.74, 6) is 1.90. The molecular weight excluding hydrogens is 332 g/mol. The van der Waals surface area contributed by atoms with Gasteiger partial charge in [-0.3, -0.25) is 14.5 Å². The quantitative estimate of drug-likeness (QED) is 0.815. The summed E-state index contributed by atoms with van der Waals surface area (Å²) in [5, 5.41) is 0. The van der Waals surface area contributed by atoms with E-state index in [4.69, 9.17) is 0 Å². The molecule has 1 aromatic rings. The summed E-state index contributed by atoms with van der Waals surface area (Å²) in [4.78, 5) is 30.5. The van der Waals surface area contributed by atoms with E-state index in [1.165, 1.54) is 12.8 Å². The predicted octanol–water partition coefficient (Wildman–Crippen LogP) is 3.05. The lowest BCUT2D eigenvalue weighted by Gasteiger charge is -2.50. The Morgan fingerprint density at radius 1 is 1.24 bits per heavy atom. The topological polar surface area (TPSA) is 40.6 Å². The first-order chi connectivity index (χ1) is 12.0. The van der Waals surface area contributed by atoms with Gasteiger partial charge in [0.15, 0.2) is 5.78 Å². The maximum absolute atomic E-state index is 13.5. The average molecular weight is 359 g/mol. The van der Waals surface area contributed by atoms with Crippen LogP contribution in [0, 0.1) is 6.92 Å². The van der Waals surface area contributed by atoms with Crippen molar-refractivity contribution in [1.29, 1.82) is 0 Å². The van der Waals surface area contributed by atoms with Gasteiger partial charge >= 0.3 is 0 Å². The normalized spacial score (nSPS) is 29.9. The Balaban J connectivity index is 1.66. The summed E-state index contributed by atoms with van der Waals surface area (Å²) in [6.45, 7) is 7.16. The van der Waals surface area contributed by atoms with Crippen molar-refractivity contribution in [3.05, 3.63) is 34.9 Å². The molecule has 1 aliphatic carbocycles. The zero-order valence-electron chi connectivity index (χ0n) is 15.1. The largest absolute Gasteiger partial charge is 0.322 e. The fourth-order valence-electron chi connectivity index (χ4n) is 4.59. The van der Waals surface area contributed by atoms with Gasteiger partial charge in [0, 0.05) is 43.1 Å². The Kier molecular flexibility index (Phi) is 4.40. The van der Waals surface area contributed by atoms with Crippen molar-refractivity contribution < 1.29 is 9.59 Å². The van der Waals surface area contributed by atoms with Gasteiger partial charge in [-0.15, -0.1) is 0 Å². The first kappa shape index (κ1) is 17.1. The van der Waals surface area contributed by atoms with Crippen molar-refractivity contribution in [2.24, 2.45) is 0 Å². The summed E-state index contributed by atoms with van der Waals surface area (Å²) < 4.78 is 0. The molecule has 0 N–H and O–H groups in total. The molecule has 25 heavy (non-hydrogen) atoms. The van der Waals surface area contributed by atoms with E-state index in [1.54, 1.807) is 0 Å². The van der Waals surface area contributed by atoms with Crippen LogP contribution >= 0.6 is 11.8 Å². The zero-order chi connectivity index (χ0) is 17.6. The molecule has 2 saturated heterocycles. The van der Waals surface area contributed by atoms with Crippen molar-refractivity contribution in [3.8, 4) is 0 Å². The van der Waals surface area contributed by atoms with Gasteiger partial charge in [-0.25, -0.2) is 0 Å². The number of nitrogens with zero attached hydrogens (tertiary/aromatic N) is 2. The fraction of sp³-hybridized carbons (Fsp3) is 0.600. The number of hydrogen-bond acceptors (Lipinski definition) is 4. The number of carbonyl (C=O) groups excluding carboxylic acids is 2. The summed E-state index contributed by atoms with van der Waals surface area (Å²) in [7, 11) is 0. The van der Waals surface area contributed by atoms with Gasteiger partial charge in [-0.1, -0.05) is 23.8 Å². The molecule has 1 amide bonds. The number of fused-ring (bicyclic) bond motifs is 1. The summed E-state index contributed by atoms with van der Waals surface area (Å²) in [5.41, 5.74) is 2.59. The third-order valence-corrected chi connectivity index (χ3v) is 7.26. The van der Waals surface area contributed by atoms with Gasteiger partial charge in [0.1, 0.15) is 5.66 Å². The number of Topliss-reactive ketones (excluding diaryl/α,β-unsaturated/α-hetero) is 1. The molecule has 1 aromatic carbocycles. The minimum absolute atomic E-state index is 0.114. The predicted molar refractivity (Wildman–Crippen MR) is 101 cm³/mol. The molecular formula is C20H26N2O2S. The molecule has 2 fully saturated rings. The van der Waals surface area contributed by atoms with Gasteiger partial charge in [0.05, 0.1) is 5.92 Å². The van der Waals surface area contributed by atoms with Crippen molar-refractivity contribution in [3.63, 3.8) is 0 Å². The van der Waals surface area contributed by atoms with E-state index < -0.39 is 0 Å². The highest BCUT2D eigenvalue weighted by atomic mass is 32.2. The van der Waals surface area contributed by atoms with Crippen LogP contribution in [0.5, 0.6) is 0 Å². The second-order valence-electron chi connectivity index (χ2n) is 7.72. The van der Waals surface area contributed by atoms with E-state index in [0.29, 0.717) is 6.42 Å². The highest BCUT2D eigenvalue weighted by molar-refractivity contribution is 7.99. The third kappa shape index (κ3) is 2.81. The highest BCUT2D eigenvalue weighted by Crippen LogP contribution is 2.39. The molecule has 4 rings (SSSR count). The minimum atomic E-state index is -0.299. The number of thioether (sulfide) groups is 1. The Bertz CT molecular complexity index is 714. The molecule has 0 spiro atoms. The van der Waals surface area contributed by atoms with E-state index in [-0.39, 0.29) is 23.3 Å². The Hall–Kier alpha value is -1.33. The molecule has 0 bridgehead atoms. The number of rotatable bonds is 2. The van der Waals surface area contributed by atoms with Crippen LogP contribution in [-0.4, -0.2) is 58.3 Å². The Morgan fingerprint density at radius 2 is 2.00 bits per heavy atom. The molecule has 0 aromatic heterocycles. The lowest BCUT2D eigenvalue weighted by Crippen LogP contribution is -2.64. The van der Waals surface area contributed by atoms with Crippen LogP contribution in [0.25, 0.3) is 0 Å². The second-order valence-corrected chi connectivity index (χ2v) is 8.83. The van der Waals surface area contributed by atoms with E-state index in [1.807, 2.05) is 36.9 Å². The van der Waals surface area contributed by atoms with Crippen LogP contribution in [-0.2, 0) is 4.79 Å². The number of hydrogen-bond donors (Lipinski definition) is 0. The monoisotopic (exact) mass is 358 g/mol. The summed E-state index contributed by atoms with van der Waals surface area (Å²) in [6.07, 6.45) is 2.76. The molecule has 0 saturated carbocycles. The third-order valence-electron chi connectivity index (χ3n) is 6.04. The van der Waals surface area contributed by atoms with Gasteiger partial charge in [-0.2, -0.15) is 11.8 Å². The van der Waals surface area contributed by atoms with E-state index in [0.717, 1.165) is 47.8 Å². The first-order valence-corrected chi connectivity index (χ1v) is 10.4. The molecule has 2 unspecified atom stereocenters. The molecule has 2 heterocycles. The van der Waals surface area contributed by atoms with Crippen LogP contribution in [0.4, 0.5) is 0 Å². The highest BCUT2D eigenvalue weighted by Gasteiger charge is 2.47. The van der Waals surface area contributed by atoms with E-state index in [2.05, 4.69) is 16.7 Å². The molecule has 0 radical (unpaired) electrons. The number of amides is 1. The van der Waals surface area contributed by atoms with Gasteiger partial charge in [0.2, 0.25) is 5.91 Å². The first-order valence-electron chi connectivity index (χ1n) is 9.29. The van der Waals surface area contributed by atoms with Gasteiger partial charge < -0.3 is 4.90 Å². The Labute approximate surface area is 153 Å². The number of likely N-dealkylation sites (tertiary alicyclic amines) is 1. The number of aryl methyl sites for hydroxylation is 1. The number of benzene rings is 1. The Morgan fingerprint density at radius 3 is 2.76 bits per heavy atom. The zero-order valence-corrected chi connectivity index (χ0v) is 15.9. The fourth-order valence-corrected chi connectivity index (χ4v) is 5.77. The molecule has 4 nitrogen and oxygen atoms in total. The summed E-state index contributed by atoms with van der Waals surface area (Å²) in [6, 6.07) is 5.90. The maximum atomic E-state index is 13.5. The van der Waals surface area contributed by atoms with Gasteiger partial charge in [0.25, 0.3) is 0 Å². The average Bonchev–Trinajstić information content (AvgIpc) is 3.24. The van der Waals surface area contributed by atoms with E-state index in [9.17, 15) is 9.59 Å². The van der Waals surface area contributed by atoms with Crippen molar-refractivity contribution in [2.75, 3.05) is 31.1 Å². The van der Waals surface area contributed by atoms with Gasteiger partial charge in [-0.05, 0) is 32.3 Å². The molecule has 134 valence electrons. The summed E-state index contributed by atoms with van der Waals surface area (Å²) >= 11 is 1.94. The SMILES string of the molecule is Cc1ccc2c(c1)C(C(=O)N1CCSCC1(C)N1CCCC1)CC2=O. The minimum Gasteiger partial charge on any atom is -0.322 e. The van der Waals surface area contributed by atoms with Crippen molar-refractivity contribution in [2.45, 2.75) is 44.7 Å². The van der Waals surface area contributed by atoms with Crippen LogP contribution in [0.15, 0.2) is 18.2 Å². The van der Waals surface area contributed by atoms with Crippen LogP contribution in [0.3, 0.4) is 0 Å². The molecule has 2 aliphatic heterocycles.